The van der Waals surface area contributed by atoms with E-state index in [9.17, 15) is 15.0 Å². The lowest BCUT2D eigenvalue weighted by atomic mass is 9.92. The van der Waals surface area contributed by atoms with E-state index in [0.717, 1.165) is 0 Å². The van der Waals surface area contributed by atoms with E-state index in [4.69, 9.17) is 15.6 Å². The van der Waals surface area contributed by atoms with Gasteiger partial charge < -0.3 is 31.1 Å². The molecule has 1 saturated heterocycles. The van der Waals surface area contributed by atoms with E-state index in [1.54, 1.807) is 0 Å². The van der Waals surface area contributed by atoms with E-state index in [0.29, 0.717) is 0 Å². The van der Waals surface area contributed by atoms with Crippen LogP contribution in [0.1, 0.15) is 6.92 Å². The lowest BCUT2D eigenvalue weighted by molar-refractivity contribution is -0.192. The molecule has 17 heavy (non-hydrogen) atoms. The highest BCUT2D eigenvalue weighted by Crippen LogP contribution is 2.20. The summed E-state index contributed by atoms with van der Waals surface area (Å²) in [7, 11) is 0. The third-order valence-electron chi connectivity index (χ3n) is 2.63. The average Bonchev–Trinajstić information content (AvgIpc) is 2.25. The SMILES string of the molecule is CC(=O)N[C@@H]1[C@@H](O)[C@H](O)[C@@H](CO)O[C@H]1CN.Cl. The van der Waals surface area contributed by atoms with Crippen molar-refractivity contribution in [3.8, 4) is 0 Å². The maximum Gasteiger partial charge on any atom is 0.217 e. The van der Waals surface area contributed by atoms with Gasteiger partial charge in [-0.3, -0.25) is 4.79 Å². The highest BCUT2D eigenvalue weighted by Gasteiger charge is 2.43. The van der Waals surface area contributed by atoms with Crippen LogP contribution in [0.5, 0.6) is 0 Å². The number of hydrogen-bond donors (Lipinski definition) is 5. The highest BCUT2D eigenvalue weighted by atomic mass is 35.5. The van der Waals surface area contributed by atoms with Crippen LogP contribution in [-0.4, -0.2) is 64.8 Å². The van der Waals surface area contributed by atoms with Crippen molar-refractivity contribution in [3.05, 3.63) is 0 Å². The lowest BCUT2D eigenvalue weighted by Crippen LogP contribution is -2.65. The van der Waals surface area contributed by atoms with Crippen LogP contribution in [0.4, 0.5) is 0 Å². The van der Waals surface area contributed by atoms with Gasteiger partial charge in [-0.25, -0.2) is 0 Å². The molecule has 0 bridgehead atoms. The second-order valence-corrected chi connectivity index (χ2v) is 3.84. The Kier molecular flexibility index (Phi) is 6.91. The Balaban J connectivity index is 0.00000256. The summed E-state index contributed by atoms with van der Waals surface area (Å²) in [6.45, 7) is 0.956. The molecule has 0 unspecified atom stereocenters. The number of carbonyl (C=O) groups excluding carboxylic acids is 1. The molecule has 1 amide bonds. The minimum absolute atomic E-state index is 0. The summed E-state index contributed by atoms with van der Waals surface area (Å²) in [6.07, 6.45) is -3.96. The third kappa shape index (κ3) is 3.77. The molecule has 102 valence electrons. The molecule has 0 aromatic carbocycles. The number of aliphatic hydroxyl groups is 3. The minimum atomic E-state index is -1.25. The van der Waals surface area contributed by atoms with Crippen molar-refractivity contribution in [2.24, 2.45) is 5.73 Å². The molecule has 0 aromatic heterocycles. The molecule has 6 N–H and O–H groups in total. The van der Waals surface area contributed by atoms with Gasteiger partial charge in [0.2, 0.25) is 5.91 Å². The maximum atomic E-state index is 10.9. The van der Waals surface area contributed by atoms with Crippen LogP contribution in [0, 0.1) is 0 Å². The predicted molar refractivity (Wildman–Crippen MR) is 61.7 cm³/mol. The van der Waals surface area contributed by atoms with Gasteiger partial charge in [-0.2, -0.15) is 0 Å². The van der Waals surface area contributed by atoms with Gasteiger partial charge in [0.15, 0.2) is 0 Å². The first-order valence-corrected chi connectivity index (χ1v) is 5.10. The fourth-order valence-corrected chi connectivity index (χ4v) is 1.81. The van der Waals surface area contributed by atoms with Crippen LogP contribution in [0.2, 0.25) is 0 Å². The van der Waals surface area contributed by atoms with E-state index in [2.05, 4.69) is 5.32 Å². The summed E-state index contributed by atoms with van der Waals surface area (Å²) in [6, 6.07) is -0.764. The first-order chi connectivity index (χ1) is 7.51. The molecular formula is C9H19ClN2O5. The Morgan fingerprint density at radius 3 is 2.35 bits per heavy atom. The minimum Gasteiger partial charge on any atom is -0.394 e. The summed E-state index contributed by atoms with van der Waals surface area (Å²) in [5.74, 6) is -0.347. The number of amides is 1. The van der Waals surface area contributed by atoms with Crippen LogP contribution < -0.4 is 11.1 Å². The van der Waals surface area contributed by atoms with E-state index >= 15 is 0 Å². The predicted octanol–water partition coefficient (Wildman–Crippen LogP) is -2.65. The van der Waals surface area contributed by atoms with Gasteiger partial charge in [0.05, 0.1) is 18.8 Å². The molecule has 1 aliphatic heterocycles. The zero-order valence-corrected chi connectivity index (χ0v) is 10.3. The molecule has 7 nitrogen and oxygen atoms in total. The number of nitrogens with one attached hydrogen (secondary N) is 1. The van der Waals surface area contributed by atoms with Crippen molar-refractivity contribution in [1.82, 2.24) is 5.32 Å². The fourth-order valence-electron chi connectivity index (χ4n) is 1.81. The standard InChI is InChI=1S/C9H18N2O5.ClH/c1-4(13)11-7-5(2-10)16-6(3-12)8(14)9(7)15;/h5-9,12,14-15H,2-3,10H2,1H3,(H,11,13);1H/t5-,6+,7-,8+,9+;/m0./s1. The zero-order chi connectivity index (χ0) is 12.3. The fraction of sp³-hybridized carbons (Fsp3) is 0.889. The number of hydrogen-bond acceptors (Lipinski definition) is 6. The summed E-state index contributed by atoms with van der Waals surface area (Å²) in [5, 5.41) is 30.8. The molecule has 1 fully saturated rings. The molecule has 0 aliphatic carbocycles. The first-order valence-electron chi connectivity index (χ1n) is 5.10. The Labute approximate surface area is 105 Å². The second-order valence-electron chi connectivity index (χ2n) is 3.84. The average molecular weight is 271 g/mol. The summed E-state index contributed by atoms with van der Waals surface area (Å²) in [5.41, 5.74) is 5.44. The Morgan fingerprint density at radius 1 is 1.35 bits per heavy atom. The van der Waals surface area contributed by atoms with E-state index in [1.807, 2.05) is 0 Å². The molecule has 8 heteroatoms. The summed E-state index contributed by atoms with van der Waals surface area (Å²) >= 11 is 0. The van der Waals surface area contributed by atoms with Crippen molar-refractivity contribution < 1.29 is 24.9 Å². The van der Waals surface area contributed by atoms with Crippen molar-refractivity contribution in [1.29, 1.82) is 0 Å². The molecule has 1 heterocycles. The van der Waals surface area contributed by atoms with Crippen molar-refractivity contribution >= 4 is 18.3 Å². The molecular weight excluding hydrogens is 252 g/mol. The Hall–Kier alpha value is -0.440. The van der Waals surface area contributed by atoms with Crippen molar-refractivity contribution in [3.63, 3.8) is 0 Å². The molecule has 0 radical (unpaired) electrons. The monoisotopic (exact) mass is 270 g/mol. The normalized spacial score (nSPS) is 37.1. The van der Waals surface area contributed by atoms with Gasteiger partial charge >= 0.3 is 0 Å². The number of rotatable bonds is 3. The first kappa shape index (κ1) is 16.6. The molecule has 0 saturated carbocycles. The Morgan fingerprint density at radius 2 is 1.94 bits per heavy atom. The highest BCUT2D eigenvalue weighted by molar-refractivity contribution is 5.85. The zero-order valence-electron chi connectivity index (χ0n) is 9.44. The number of aliphatic hydroxyl groups excluding tert-OH is 3. The van der Waals surface area contributed by atoms with E-state index in [1.165, 1.54) is 6.92 Å². The van der Waals surface area contributed by atoms with E-state index in [-0.39, 0.29) is 24.9 Å². The van der Waals surface area contributed by atoms with Crippen molar-refractivity contribution in [2.75, 3.05) is 13.2 Å². The number of carbonyl (C=O) groups is 1. The van der Waals surface area contributed by atoms with Crippen molar-refractivity contribution in [2.45, 2.75) is 37.4 Å². The number of halogens is 1. The van der Waals surface area contributed by atoms with Crippen LogP contribution >= 0.6 is 12.4 Å². The quantitative estimate of drug-likeness (QED) is 0.382. The van der Waals surface area contributed by atoms with Gasteiger partial charge in [-0.1, -0.05) is 0 Å². The molecule has 1 aliphatic rings. The van der Waals surface area contributed by atoms with Gasteiger partial charge in [-0.15, -0.1) is 12.4 Å². The van der Waals surface area contributed by atoms with Crippen LogP contribution in [0.15, 0.2) is 0 Å². The van der Waals surface area contributed by atoms with Crippen LogP contribution in [0.3, 0.4) is 0 Å². The molecule has 5 atom stereocenters. The van der Waals surface area contributed by atoms with Crippen LogP contribution in [0.25, 0.3) is 0 Å². The molecule has 0 spiro atoms. The van der Waals surface area contributed by atoms with Gasteiger partial charge in [0, 0.05) is 13.5 Å². The van der Waals surface area contributed by atoms with Gasteiger partial charge in [0.25, 0.3) is 0 Å². The summed E-state index contributed by atoms with van der Waals surface area (Å²) in [4.78, 5) is 10.9. The lowest BCUT2D eigenvalue weighted by Gasteiger charge is -2.42. The van der Waals surface area contributed by atoms with Gasteiger partial charge in [-0.05, 0) is 0 Å². The van der Waals surface area contributed by atoms with E-state index < -0.39 is 37.1 Å². The summed E-state index contributed by atoms with van der Waals surface area (Å²) < 4.78 is 5.28. The topological polar surface area (TPSA) is 125 Å². The van der Waals surface area contributed by atoms with Crippen LogP contribution in [-0.2, 0) is 9.53 Å². The molecule has 1 rings (SSSR count). The largest absolute Gasteiger partial charge is 0.394 e. The smallest absolute Gasteiger partial charge is 0.217 e. The maximum absolute atomic E-state index is 10.9. The number of ether oxygens (including phenoxy) is 1. The van der Waals surface area contributed by atoms with Gasteiger partial charge in [0.1, 0.15) is 18.3 Å². The Bertz CT molecular complexity index is 254. The molecule has 0 aromatic rings. The second kappa shape index (κ2) is 7.10. The third-order valence-corrected chi connectivity index (χ3v) is 2.63. The number of nitrogens with two attached hydrogens (primary N) is 1.